The number of amides is 1. The Morgan fingerprint density at radius 3 is 2.45 bits per heavy atom. The molecule has 3 nitrogen and oxygen atoms in total. The van der Waals surface area contributed by atoms with Gasteiger partial charge in [0.2, 0.25) is 0 Å². The van der Waals surface area contributed by atoms with Gasteiger partial charge in [0, 0.05) is 6.54 Å². The fraction of sp³-hybridized carbons (Fsp3) is 0.526. The fourth-order valence-corrected chi connectivity index (χ4v) is 1.90. The molecular weight excluding hydrogens is 274 g/mol. The molecule has 0 bridgehead atoms. The molecule has 0 heterocycles. The molecule has 3 heteroatoms. The van der Waals surface area contributed by atoms with Crippen molar-refractivity contribution in [2.24, 2.45) is 0 Å². The van der Waals surface area contributed by atoms with Gasteiger partial charge in [-0.3, -0.25) is 0 Å². The first-order valence-electron chi connectivity index (χ1n) is 7.82. The number of hydrogen-bond donors (Lipinski definition) is 1. The van der Waals surface area contributed by atoms with Gasteiger partial charge in [-0.1, -0.05) is 57.2 Å². The van der Waals surface area contributed by atoms with Crippen molar-refractivity contribution in [2.45, 2.75) is 59.0 Å². The van der Waals surface area contributed by atoms with Gasteiger partial charge in [0.1, 0.15) is 5.60 Å². The van der Waals surface area contributed by atoms with Crippen LogP contribution in [-0.4, -0.2) is 18.2 Å². The minimum Gasteiger partial charge on any atom is -0.444 e. The van der Waals surface area contributed by atoms with Crippen molar-refractivity contribution in [1.82, 2.24) is 5.32 Å². The van der Waals surface area contributed by atoms with Crippen molar-refractivity contribution in [1.29, 1.82) is 0 Å². The van der Waals surface area contributed by atoms with Crippen LogP contribution in [0.4, 0.5) is 4.79 Å². The lowest BCUT2D eigenvalue weighted by Crippen LogP contribution is -2.32. The third-order valence-corrected chi connectivity index (χ3v) is 3.04. The van der Waals surface area contributed by atoms with Gasteiger partial charge in [-0.15, -0.1) is 0 Å². The molecule has 0 aliphatic heterocycles. The number of rotatable bonds is 4. The second kappa shape index (κ2) is 7.48. The average Bonchev–Trinajstić information content (AvgIpc) is 2.35. The summed E-state index contributed by atoms with van der Waals surface area (Å²) in [5.74, 6) is 0. The largest absolute Gasteiger partial charge is 0.444 e. The maximum absolute atomic E-state index is 11.5. The van der Waals surface area contributed by atoms with Crippen LogP contribution in [0, 0.1) is 0 Å². The summed E-state index contributed by atoms with van der Waals surface area (Å²) in [4.78, 5) is 11.5. The first-order valence-corrected chi connectivity index (χ1v) is 7.82. The van der Waals surface area contributed by atoms with Crippen molar-refractivity contribution < 1.29 is 9.53 Å². The van der Waals surface area contributed by atoms with E-state index in [-0.39, 0.29) is 11.5 Å². The minimum atomic E-state index is -0.451. The summed E-state index contributed by atoms with van der Waals surface area (Å²) in [6, 6.07) is 8.53. The molecule has 0 saturated carbocycles. The highest BCUT2D eigenvalue weighted by molar-refractivity contribution is 5.67. The molecule has 22 heavy (non-hydrogen) atoms. The number of benzene rings is 1. The lowest BCUT2D eigenvalue weighted by atomic mass is 9.86. The number of carbonyl (C=O) groups is 1. The maximum atomic E-state index is 11.5. The van der Waals surface area contributed by atoms with Crippen LogP contribution >= 0.6 is 0 Å². The number of carbonyl (C=O) groups excluding carboxylic acids is 1. The molecule has 1 N–H and O–H groups in total. The second-order valence-electron chi connectivity index (χ2n) is 7.50. The fourth-order valence-electron chi connectivity index (χ4n) is 1.90. The van der Waals surface area contributed by atoms with Gasteiger partial charge in [0.15, 0.2) is 0 Å². The lowest BCUT2D eigenvalue weighted by molar-refractivity contribution is 0.0529. The highest BCUT2D eigenvalue weighted by Gasteiger charge is 2.15. The van der Waals surface area contributed by atoms with Crippen LogP contribution in [0.3, 0.4) is 0 Å². The molecule has 0 aromatic heterocycles. The zero-order chi connectivity index (χ0) is 16.8. The summed E-state index contributed by atoms with van der Waals surface area (Å²) >= 11 is 0. The van der Waals surface area contributed by atoms with Crippen LogP contribution in [0.1, 0.15) is 59.1 Å². The zero-order valence-corrected chi connectivity index (χ0v) is 14.7. The van der Waals surface area contributed by atoms with E-state index in [1.165, 1.54) is 11.1 Å². The van der Waals surface area contributed by atoms with E-state index < -0.39 is 5.60 Å². The molecule has 0 aliphatic rings. The van der Waals surface area contributed by atoms with Crippen molar-refractivity contribution in [3.05, 3.63) is 41.5 Å². The number of alkyl carbamates (subject to hydrolysis) is 1. The van der Waals surface area contributed by atoms with Crippen LogP contribution in [0.5, 0.6) is 0 Å². The highest BCUT2D eigenvalue weighted by Crippen LogP contribution is 2.23. The third-order valence-electron chi connectivity index (χ3n) is 3.04. The summed E-state index contributed by atoms with van der Waals surface area (Å²) in [5, 5.41) is 2.75. The normalized spacial score (nSPS) is 12.5. The number of hydrogen-bond acceptors (Lipinski definition) is 2. The average molecular weight is 303 g/mol. The molecule has 1 amide bonds. The van der Waals surface area contributed by atoms with Crippen LogP contribution in [0.15, 0.2) is 30.3 Å². The molecular formula is C19H29NO2. The Bertz CT molecular complexity index is 519. The number of ether oxygens (including phenoxy) is 1. The van der Waals surface area contributed by atoms with E-state index in [9.17, 15) is 4.79 Å². The van der Waals surface area contributed by atoms with Gasteiger partial charge < -0.3 is 10.1 Å². The zero-order valence-electron chi connectivity index (χ0n) is 14.7. The van der Waals surface area contributed by atoms with Crippen molar-refractivity contribution >= 4 is 12.2 Å². The van der Waals surface area contributed by atoms with Crippen molar-refractivity contribution in [3.63, 3.8) is 0 Å². The lowest BCUT2D eigenvalue weighted by Gasteiger charge is -2.19. The van der Waals surface area contributed by atoms with Gasteiger partial charge in [-0.25, -0.2) is 4.79 Å². The van der Waals surface area contributed by atoms with E-state index in [4.69, 9.17) is 4.74 Å². The van der Waals surface area contributed by atoms with Gasteiger partial charge in [0.05, 0.1) is 0 Å². The monoisotopic (exact) mass is 303 g/mol. The van der Waals surface area contributed by atoms with Crippen molar-refractivity contribution in [3.8, 4) is 0 Å². The highest BCUT2D eigenvalue weighted by atomic mass is 16.6. The maximum Gasteiger partial charge on any atom is 0.407 e. The second-order valence-corrected chi connectivity index (χ2v) is 7.50. The summed E-state index contributed by atoms with van der Waals surface area (Å²) in [7, 11) is 0. The molecule has 1 rings (SSSR count). The molecule has 1 aromatic carbocycles. The Labute approximate surface area is 134 Å². The van der Waals surface area contributed by atoms with Gasteiger partial charge >= 0.3 is 6.09 Å². The Kier molecular flexibility index (Phi) is 6.21. The molecule has 0 saturated heterocycles. The van der Waals surface area contributed by atoms with E-state index in [1.807, 2.05) is 20.8 Å². The Balaban J connectivity index is 2.42. The predicted octanol–water partition coefficient (Wildman–Crippen LogP) is 4.91. The SMILES string of the molecule is CC(C)(C)OC(=O)NCCC=Cc1cccc(C(C)(C)C)c1. The Hall–Kier alpha value is -1.77. The first kappa shape index (κ1) is 18.3. The van der Waals surface area contributed by atoms with Gasteiger partial charge in [0.25, 0.3) is 0 Å². The Morgan fingerprint density at radius 2 is 1.86 bits per heavy atom. The van der Waals surface area contributed by atoms with E-state index in [0.29, 0.717) is 6.54 Å². The van der Waals surface area contributed by atoms with E-state index in [0.717, 1.165) is 6.42 Å². The third kappa shape index (κ3) is 7.30. The van der Waals surface area contributed by atoms with E-state index in [2.05, 4.69) is 62.5 Å². The quantitative estimate of drug-likeness (QED) is 0.802. The Morgan fingerprint density at radius 1 is 1.18 bits per heavy atom. The van der Waals surface area contributed by atoms with Crippen LogP contribution in [-0.2, 0) is 10.2 Å². The smallest absolute Gasteiger partial charge is 0.407 e. The van der Waals surface area contributed by atoms with Crippen molar-refractivity contribution in [2.75, 3.05) is 6.54 Å². The standard InChI is InChI=1S/C19H29NO2/c1-18(2,3)16-12-9-11-15(14-16)10-7-8-13-20-17(21)22-19(4,5)6/h7,9-12,14H,8,13H2,1-6H3,(H,20,21). The van der Waals surface area contributed by atoms with Gasteiger partial charge in [-0.05, 0) is 43.7 Å². The van der Waals surface area contributed by atoms with Crippen LogP contribution in [0.25, 0.3) is 6.08 Å². The molecule has 0 fully saturated rings. The van der Waals surface area contributed by atoms with Crippen LogP contribution < -0.4 is 5.32 Å². The molecule has 0 aliphatic carbocycles. The minimum absolute atomic E-state index is 0.155. The summed E-state index contributed by atoms with van der Waals surface area (Å²) < 4.78 is 5.18. The summed E-state index contributed by atoms with van der Waals surface area (Å²) in [6.45, 7) is 12.8. The molecule has 122 valence electrons. The molecule has 0 radical (unpaired) electrons. The van der Waals surface area contributed by atoms with E-state index >= 15 is 0 Å². The topological polar surface area (TPSA) is 38.3 Å². The summed E-state index contributed by atoms with van der Waals surface area (Å²) in [6.07, 6.45) is 4.57. The predicted molar refractivity (Wildman–Crippen MR) is 93.0 cm³/mol. The van der Waals surface area contributed by atoms with Gasteiger partial charge in [-0.2, -0.15) is 0 Å². The number of nitrogens with one attached hydrogen (secondary N) is 1. The molecule has 0 spiro atoms. The first-order chi connectivity index (χ1) is 10.1. The van der Waals surface area contributed by atoms with Crippen LogP contribution in [0.2, 0.25) is 0 Å². The molecule has 1 aromatic rings. The molecule has 0 unspecified atom stereocenters. The molecule has 0 atom stereocenters. The van der Waals surface area contributed by atoms with E-state index in [1.54, 1.807) is 0 Å². The summed E-state index contributed by atoms with van der Waals surface area (Å²) in [5.41, 5.74) is 2.21.